The highest BCUT2D eigenvalue weighted by molar-refractivity contribution is 6.30. The van der Waals surface area contributed by atoms with E-state index in [9.17, 15) is 19.1 Å². The molecule has 0 unspecified atom stereocenters. The highest BCUT2D eigenvalue weighted by atomic mass is 35.5. The van der Waals surface area contributed by atoms with Crippen LogP contribution >= 0.6 is 11.6 Å². The Kier molecular flexibility index (Phi) is 5.23. The Morgan fingerprint density at radius 3 is 2.52 bits per heavy atom. The van der Waals surface area contributed by atoms with Gasteiger partial charge in [-0.3, -0.25) is 4.79 Å². The zero-order valence-electron chi connectivity index (χ0n) is 14.1. The van der Waals surface area contributed by atoms with Crippen molar-refractivity contribution < 1.29 is 19.0 Å². The minimum Gasteiger partial charge on any atom is -0.494 e. The lowest BCUT2D eigenvalue weighted by molar-refractivity contribution is 0.0693. The maximum absolute atomic E-state index is 14.0. The summed E-state index contributed by atoms with van der Waals surface area (Å²) in [4.78, 5) is 23.9. The summed E-state index contributed by atoms with van der Waals surface area (Å²) in [6, 6.07) is 12.0. The molecule has 0 radical (unpaired) electrons. The molecule has 138 valence electrons. The van der Waals surface area contributed by atoms with E-state index in [0.29, 0.717) is 16.1 Å². The third-order valence-electron chi connectivity index (χ3n) is 3.90. The van der Waals surface area contributed by atoms with Crippen LogP contribution in [0.4, 0.5) is 4.39 Å². The average molecular weight is 389 g/mol. The van der Waals surface area contributed by atoms with Crippen LogP contribution in [0, 0.1) is 5.82 Å². The average Bonchev–Trinajstić information content (AvgIpc) is 2.64. The van der Waals surface area contributed by atoms with Crippen molar-refractivity contribution in [3.8, 4) is 17.0 Å². The largest absolute Gasteiger partial charge is 0.494 e. The number of nitrogens with zero attached hydrogens (tertiary/aromatic N) is 2. The molecule has 6 nitrogen and oxygen atoms in total. The molecular formula is C19H14ClFN2O4. The highest BCUT2D eigenvalue weighted by Crippen LogP contribution is 2.24. The van der Waals surface area contributed by atoms with Gasteiger partial charge in [0.05, 0.1) is 19.3 Å². The van der Waals surface area contributed by atoms with Crippen molar-refractivity contribution in [1.82, 2.24) is 9.78 Å². The molecule has 0 amide bonds. The van der Waals surface area contributed by atoms with E-state index in [4.69, 9.17) is 16.3 Å². The smallest absolute Gasteiger partial charge is 0.341 e. The van der Waals surface area contributed by atoms with Crippen molar-refractivity contribution in [3.63, 3.8) is 0 Å². The lowest BCUT2D eigenvalue weighted by atomic mass is 10.1. The molecule has 1 aromatic heterocycles. The molecule has 3 aromatic rings. The summed E-state index contributed by atoms with van der Waals surface area (Å²) in [6.45, 7) is 0.0444. The van der Waals surface area contributed by atoms with Crippen molar-refractivity contribution in [2.45, 2.75) is 6.54 Å². The second-order valence-electron chi connectivity index (χ2n) is 5.69. The number of aromatic nitrogens is 2. The predicted molar refractivity (Wildman–Crippen MR) is 98.0 cm³/mol. The van der Waals surface area contributed by atoms with Gasteiger partial charge in [0.1, 0.15) is 5.56 Å². The number of carbonyl (C=O) groups is 1. The summed E-state index contributed by atoms with van der Waals surface area (Å²) in [5, 5.41) is 14.1. The van der Waals surface area contributed by atoms with Gasteiger partial charge >= 0.3 is 5.97 Å². The standard InChI is InChI=1S/C19H14ClFN2O4/c1-27-17-7-4-12(8-15(17)21)16-9-14(19(25)26)18(24)23(22-16)10-11-2-5-13(20)6-3-11/h2-9H,10H2,1H3,(H,25,26). The van der Waals surface area contributed by atoms with E-state index < -0.39 is 22.9 Å². The summed E-state index contributed by atoms with van der Waals surface area (Å²) in [7, 11) is 1.34. The van der Waals surface area contributed by atoms with Crippen LogP contribution in [0.2, 0.25) is 5.02 Å². The first-order chi connectivity index (χ1) is 12.9. The molecule has 8 heteroatoms. The first-order valence-corrected chi connectivity index (χ1v) is 8.20. The maximum Gasteiger partial charge on any atom is 0.341 e. The minimum atomic E-state index is -1.39. The van der Waals surface area contributed by atoms with Gasteiger partial charge in [0.15, 0.2) is 11.6 Å². The normalized spacial score (nSPS) is 10.6. The number of carboxylic acid groups (broad SMARTS) is 1. The number of methoxy groups -OCH3 is 1. The number of aromatic carboxylic acids is 1. The summed E-state index contributed by atoms with van der Waals surface area (Å²) in [5.41, 5.74) is -0.0213. The van der Waals surface area contributed by atoms with Gasteiger partial charge in [0, 0.05) is 10.6 Å². The number of halogens is 2. The number of hydrogen-bond donors (Lipinski definition) is 1. The zero-order chi connectivity index (χ0) is 19.6. The zero-order valence-corrected chi connectivity index (χ0v) is 14.9. The Hall–Kier alpha value is -3.19. The fourth-order valence-corrected chi connectivity index (χ4v) is 2.66. The Bertz CT molecular complexity index is 1060. The van der Waals surface area contributed by atoms with Gasteiger partial charge in [-0.25, -0.2) is 13.9 Å². The summed E-state index contributed by atoms with van der Waals surface area (Å²) in [5.74, 6) is -1.96. The lowest BCUT2D eigenvalue weighted by Crippen LogP contribution is -2.29. The van der Waals surface area contributed by atoms with E-state index in [0.717, 1.165) is 10.7 Å². The monoisotopic (exact) mass is 388 g/mol. The molecule has 0 bridgehead atoms. The first kappa shape index (κ1) is 18.6. The Morgan fingerprint density at radius 2 is 1.93 bits per heavy atom. The van der Waals surface area contributed by atoms with Crippen LogP contribution in [-0.2, 0) is 6.54 Å². The Labute approximate surface area is 158 Å². The second-order valence-corrected chi connectivity index (χ2v) is 6.12. The molecule has 0 aliphatic rings. The van der Waals surface area contributed by atoms with Gasteiger partial charge in [0.2, 0.25) is 0 Å². The quantitative estimate of drug-likeness (QED) is 0.724. The first-order valence-electron chi connectivity index (χ1n) is 7.83. The van der Waals surface area contributed by atoms with E-state index in [2.05, 4.69) is 5.10 Å². The number of hydrogen-bond acceptors (Lipinski definition) is 4. The molecule has 3 rings (SSSR count). The topological polar surface area (TPSA) is 81.4 Å². The van der Waals surface area contributed by atoms with Gasteiger partial charge in [-0.15, -0.1) is 0 Å². The number of benzene rings is 2. The Morgan fingerprint density at radius 1 is 1.22 bits per heavy atom. The molecular weight excluding hydrogens is 375 g/mol. The minimum absolute atomic E-state index is 0.0444. The van der Waals surface area contributed by atoms with Crippen molar-refractivity contribution in [2.24, 2.45) is 0 Å². The molecule has 0 aliphatic heterocycles. The lowest BCUT2D eigenvalue weighted by Gasteiger charge is -2.10. The maximum atomic E-state index is 14.0. The summed E-state index contributed by atoms with van der Waals surface area (Å²) < 4.78 is 19.9. The molecule has 1 N–H and O–H groups in total. The number of ether oxygens (including phenoxy) is 1. The van der Waals surface area contributed by atoms with E-state index >= 15 is 0 Å². The SMILES string of the molecule is COc1ccc(-c2cc(C(=O)O)c(=O)n(Cc3ccc(Cl)cc3)n2)cc1F. The number of rotatable bonds is 5. The molecule has 0 atom stereocenters. The third kappa shape index (κ3) is 3.98. The molecule has 0 saturated carbocycles. The van der Waals surface area contributed by atoms with Gasteiger partial charge in [-0.2, -0.15) is 5.10 Å². The van der Waals surface area contributed by atoms with Crippen LogP contribution in [0.15, 0.2) is 53.3 Å². The van der Waals surface area contributed by atoms with E-state index in [1.807, 2.05) is 0 Å². The predicted octanol–water partition coefficient (Wildman–Crippen LogP) is 3.46. The molecule has 2 aromatic carbocycles. The number of carboxylic acids is 1. The van der Waals surface area contributed by atoms with Crippen molar-refractivity contribution >= 4 is 17.6 Å². The molecule has 0 aliphatic carbocycles. The molecule has 27 heavy (non-hydrogen) atoms. The van der Waals surface area contributed by atoms with Crippen LogP contribution < -0.4 is 10.3 Å². The molecule has 0 fully saturated rings. The van der Waals surface area contributed by atoms with Gasteiger partial charge < -0.3 is 9.84 Å². The fourth-order valence-electron chi connectivity index (χ4n) is 2.53. The molecule has 0 saturated heterocycles. The van der Waals surface area contributed by atoms with Crippen LogP contribution in [0.5, 0.6) is 5.75 Å². The van der Waals surface area contributed by atoms with Crippen LogP contribution in [-0.4, -0.2) is 28.0 Å². The van der Waals surface area contributed by atoms with E-state index in [-0.39, 0.29) is 18.0 Å². The van der Waals surface area contributed by atoms with E-state index in [1.165, 1.54) is 25.3 Å². The van der Waals surface area contributed by atoms with E-state index in [1.54, 1.807) is 24.3 Å². The van der Waals surface area contributed by atoms with Crippen molar-refractivity contribution in [1.29, 1.82) is 0 Å². The summed E-state index contributed by atoms with van der Waals surface area (Å²) >= 11 is 5.85. The highest BCUT2D eigenvalue weighted by Gasteiger charge is 2.17. The van der Waals surface area contributed by atoms with Gasteiger partial charge in [-0.05, 0) is 42.0 Å². The second kappa shape index (κ2) is 7.59. The van der Waals surface area contributed by atoms with Crippen molar-refractivity contribution in [2.75, 3.05) is 7.11 Å². The summed E-state index contributed by atoms with van der Waals surface area (Å²) in [6.07, 6.45) is 0. The van der Waals surface area contributed by atoms with Crippen LogP contribution in [0.3, 0.4) is 0 Å². The van der Waals surface area contributed by atoms with Crippen molar-refractivity contribution in [3.05, 3.63) is 80.9 Å². The molecule has 0 spiro atoms. The van der Waals surface area contributed by atoms with Gasteiger partial charge in [0.25, 0.3) is 5.56 Å². The fraction of sp³-hybridized carbons (Fsp3) is 0.105. The van der Waals surface area contributed by atoms with Crippen LogP contribution in [0.1, 0.15) is 15.9 Å². The molecule has 1 heterocycles. The third-order valence-corrected chi connectivity index (χ3v) is 4.15. The van der Waals surface area contributed by atoms with Gasteiger partial charge in [-0.1, -0.05) is 23.7 Å². The Balaban J connectivity index is 2.11. The van der Waals surface area contributed by atoms with Crippen LogP contribution in [0.25, 0.3) is 11.3 Å².